The second kappa shape index (κ2) is 9.02. The van der Waals surface area contributed by atoms with E-state index in [-0.39, 0.29) is 11.1 Å². The predicted molar refractivity (Wildman–Crippen MR) is 133 cm³/mol. The Bertz CT molecular complexity index is 1650. The highest BCUT2D eigenvalue weighted by atomic mass is 16.5. The van der Waals surface area contributed by atoms with Crippen molar-refractivity contribution in [1.82, 2.24) is 24.5 Å². The number of pyridine rings is 1. The lowest BCUT2D eigenvalue weighted by molar-refractivity contribution is 0.101. The number of methoxy groups -OCH3 is 3. The van der Waals surface area contributed by atoms with Gasteiger partial charge in [-0.1, -0.05) is 30.3 Å². The maximum Gasteiger partial charge on any atom is 0.299 e. The van der Waals surface area contributed by atoms with Crippen molar-refractivity contribution in [2.24, 2.45) is 0 Å². The summed E-state index contributed by atoms with van der Waals surface area (Å²) in [6.07, 6.45) is 1.45. The quantitative estimate of drug-likeness (QED) is 0.389. The molecule has 5 rings (SSSR count). The van der Waals surface area contributed by atoms with E-state index in [4.69, 9.17) is 14.2 Å². The normalized spacial score (nSPS) is 11.0. The molecule has 0 bridgehead atoms. The SMILES string of the molecule is COc1cc(C(=O)Nn2ccc3c(nnc4c(-c5ccccc5)c(C)nn43)c2=O)cc(OC)c1OC. The average Bonchev–Trinajstić information content (AvgIpc) is 3.25. The number of rotatable bonds is 6. The highest BCUT2D eigenvalue weighted by Gasteiger charge is 2.20. The highest BCUT2D eigenvalue weighted by molar-refractivity contribution is 6.01. The molecule has 0 unspecified atom stereocenters. The molecular weight excluding hydrogens is 464 g/mol. The molecule has 11 nitrogen and oxygen atoms in total. The zero-order valence-electron chi connectivity index (χ0n) is 20.0. The summed E-state index contributed by atoms with van der Waals surface area (Å²) >= 11 is 0. The average molecular weight is 486 g/mol. The van der Waals surface area contributed by atoms with Crippen LogP contribution >= 0.6 is 0 Å². The van der Waals surface area contributed by atoms with E-state index < -0.39 is 11.5 Å². The smallest absolute Gasteiger partial charge is 0.299 e. The molecule has 3 heterocycles. The fourth-order valence-corrected chi connectivity index (χ4v) is 4.07. The maximum absolute atomic E-state index is 13.2. The first-order valence-electron chi connectivity index (χ1n) is 10.9. The zero-order valence-corrected chi connectivity index (χ0v) is 20.0. The fraction of sp³-hybridized carbons (Fsp3) is 0.160. The zero-order chi connectivity index (χ0) is 25.4. The molecule has 0 aliphatic heterocycles. The van der Waals surface area contributed by atoms with E-state index >= 15 is 0 Å². The molecule has 1 N–H and O–H groups in total. The monoisotopic (exact) mass is 486 g/mol. The number of fused-ring (bicyclic) bond motifs is 3. The summed E-state index contributed by atoms with van der Waals surface area (Å²) in [5.41, 5.74) is 5.80. The highest BCUT2D eigenvalue weighted by Crippen LogP contribution is 2.38. The maximum atomic E-state index is 13.2. The lowest BCUT2D eigenvalue weighted by Gasteiger charge is -2.14. The van der Waals surface area contributed by atoms with Crippen LogP contribution in [-0.2, 0) is 0 Å². The Morgan fingerprint density at radius 3 is 2.28 bits per heavy atom. The van der Waals surface area contributed by atoms with E-state index in [1.54, 1.807) is 10.6 Å². The fourth-order valence-electron chi connectivity index (χ4n) is 4.07. The number of nitrogens with one attached hydrogen (secondary N) is 1. The third kappa shape index (κ3) is 3.66. The molecular formula is C25H22N6O5. The molecule has 11 heteroatoms. The largest absolute Gasteiger partial charge is 0.493 e. The Morgan fingerprint density at radius 2 is 1.64 bits per heavy atom. The summed E-state index contributed by atoms with van der Waals surface area (Å²) in [5.74, 6) is 0.405. The van der Waals surface area contributed by atoms with Crippen LogP contribution in [0, 0.1) is 6.92 Å². The minimum absolute atomic E-state index is 0.0531. The van der Waals surface area contributed by atoms with E-state index in [2.05, 4.69) is 20.7 Å². The van der Waals surface area contributed by atoms with E-state index in [9.17, 15) is 9.59 Å². The van der Waals surface area contributed by atoms with E-state index in [0.29, 0.717) is 28.4 Å². The summed E-state index contributed by atoms with van der Waals surface area (Å²) in [5, 5.41) is 13.1. The first kappa shape index (κ1) is 22.8. The molecule has 0 radical (unpaired) electrons. The van der Waals surface area contributed by atoms with Crippen LogP contribution in [0.15, 0.2) is 59.5 Å². The Morgan fingerprint density at radius 1 is 0.944 bits per heavy atom. The standard InChI is InChI=1S/C25H22N6O5/c1-14-20(15-8-6-5-7-9-15)23-27-26-21-17(31(23)28-14)10-11-30(25(21)33)29-24(32)16-12-18(34-2)22(36-4)19(13-16)35-3/h5-13H,1-4H3,(H,29,32). The van der Waals surface area contributed by atoms with Crippen molar-refractivity contribution in [1.29, 1.82) is 0 Å². The molecule has 0 spiro atoms. The van der Waals surface area contributed by atoms with Gasteiger partial charge in [0, 0.05) is 11.8 Å². The number of carbonyl (C=O) groups excluding carboxylic acids is 1. The van der Waals surface area contributed by atoms with Crippen LogP contribution in [0.1, 0.15) is 16.1 Å². The van der Waals surface area contributed by atoms with Crippen molar-refractivity contribution in [2.75, 3.05) is 26.8 Å². The van der Waals surface area contributed by atoms with Crippen molar-refractivity contribution < 1.29 is 19.0 Å². The van der Waals surface area contributed by atoms with Crippen LogP contribution in [0.5, 0.6) is 17.2 Å². The molecule has 2 aromatic carbocycles. The van der Waals surface area contributed by atoms with Gasteiger partial charge in [0.15, 0.2) is 22.7 Å². The summed E-state index contributed by atoms with van der Waals surface area (Å²) < 4.78 is 18.5. The number of carbonyl (C=O) groups is 1. The number of aryl methyl sites for hydroxylation is 1. The number of amides is 1. The van der Waals surface area contributed by atoms with Gasteiger partial charge >= 0.3 is 0 Å². The van der Waals surface area contributed by atoms with E-state index in [0.717, 1.165) is 21.5 Å². The van der Waals surface area contributed by atoms with Crippen molar-refractivity contribution in [3.8, 4) is 28.4 Å². The Balaban J connectivity index is 1.55. The third-order valence-corrected chi connectivity index (χ3v) is 5.77. The second-order valence-corrected chi connectivity index (χ2v) is 7.84. The molecule has 0 fully saturated rings. The van der Waals surface area contributed by atoms with Gasteiger partial charge in [-0.3, -0.25) is 15.0 Å². The summed E-state index contributed by atoms with van der Waals surface area (Å²) in [6.45, 7) is 1.88. The number of benzene rings is 2. The van der Waals surface area contributed by atoms with Gasteiger partial charge in [0.25, 0.3) is 11.5 Å². The molecule has 1 amide bonds. The summed E-state index contributed by atoms with van der Waals surface area (Å²) in [4.78, 5) is 26.2. The van der Waals surface area contributed by atoms with Gasteiger partial charge < -0.3 is 14.2 Å². The Kier molecular flexibility index (Phi) is 5.72. The first-order chi connectivity index (χ1) is 17.5. The Labute approximate surface area is 204 Å². The van der Waals surface area contributed by atoms with Crippen molar-refractivity contribution in [3.63, 3.8) is 0 Å². The van der Waals surface area contributed by atoms with Gasteiger partial charge in [-0.2, -0.15) is 5.10 Å². The summed E-state index contributed by atoms with van der Waals surface area (Å²) in [6, 6.07) is 14.4. The molecule has 3 aromatic heterocycles. The lowest BCUT2D eigenvalue weighted by Crippen LogP contribution is -2.33. The topological polar surface area (TPSA) is 122 Å². The van der Waals surface area contributed by atoms with Crippen LogP contribution in [-0.4, -0.2) is 51.7 Å². The molecule has 5 aromatic rings. The van der Waals surface area contributed by atoms with E-state index in [1.807, 2.05) is 37.3 Å². The third-order valence-electron chi connectivity index (χ3n) is 5.77. The number of nitrogens with zero attached hydrogens (tertiary/aromatic N) is 5. The molecule has 0 aliphatic carbocycles. The molecule has 0 atom stereocenters. The predicted octanol–water partition coefficient (Wildman–Crippen LogP) is 2.82. The van der Waals surface area contributed by atoms with Crippen molar-refractivity contribution >= 4 is 22.6 Å². The molecule has 0 saturated carbocycles. The van der Waals surface area contributed by atoms with Gasteiger partial charge in [0.2, 0.25) is 5.75 Å². The van der Waals surface area contributed by atoms with Gasteiger partial charge in [-0.05, 0) is 30.7 Å². The van der Waals surface area contributed by atoms with Gasteiger partial charge in [0.05, 0.1) is 32.6 Å². The minimum atomic E-state index is -0.564. The van der Waals surface area contributed by atoms with Crippen LogP contribution < -0.4 is 25.2 Å². The summed E-state index contributed by atoms with van der Waals surface area (Å²) in [7, 11) is 4.37. The first-order valence-corrected chi connectivity index (χ1v) is 10.9. The van der Waals surface area contributed by atoms with Crippen molar-refractivity contribution in [2.45, 2.75) is 6.92 Å². The van der Waals surface area contributed by atoms with Gasteiger partial charge in [-0.15, -0.1) is 10.2 Å². The van der Waals surface area contributed by atoms with Crippen molar-refractivity contribution in [3.05, 3.63) is 76.3 Å². The van der Waals surface area contributed by atoms with Crippen LogP contribution in [0.3, 0.4) is 0 Å². The van der Waals surface area contributed by atoms with Crippen LogP contribution in [0.4, 0.5) is 0 Å². The number of aromatic nitrogens is 5. The number of hydrogen-bond acceptors (Lipinski definition) is 8. The van der Waals surface area contributed by atoms with Gasteiger partial charge in [-0.25, -0.2) is 9.19 Å². The van der Waals surface area contributed by atoms with Crippen LogP contribution in [0.25, 0.3) is 27.8 Å². The minimum Gasteiger partial charge on any atom is -0.493 e. The molecule has 36 heavy (non-hydrogen) atoms. The molecule has 0 saturated heterocycles. The lowest BCUT2D eigenvalue weighted by atomic mass is 10.1. The Hall–Kier alpha value is -4.93. The number of ether oxygens (including phenoxy) is 3. The molecule has 0 aliphatic rings. The number of hydrogen-bond donors (Lipinski definition) is 1. The molecule has 182 valence electrons. The van der Waals surface area contributed by atoms with E-state index in [1.165, 1.54) is 39.7 Å². The second-order valence-electron chi connectivity index (χ2n) is 7.84. The van der Waals surface area contributed by atoms with Crippen LogP contribution in [0.2, 0.25) is 0 Å². The van der Waals surface area contributed by atoms with Gasteiger partial charge in [0.1, 0.15) is 5.52 Å².